The highest BCUT2D eigenvalue weighted by Gasteiger charge is 2.18. The van der Waals surface area contributed by atoms with Crippen LogP contribution in [0.15, 0.2) is 42.5 Å². The van der Waals surface area contributed by atoms with Crippen molar-refractivity contribution >= 4 is 17.3 Å². The molecule has 0 fully saturated rings. The van der Waals surface area contributed by atoms with Crippen molar-refractivity contribution in [1.29, 1.82) is 0 Å². The lowest BCUT2D eigenvalue weighted by Gasteiger charge is -2.23. The smallest absolute Gasteiger partial charge is 0.226 e. The molecule has 26 heavy (non-hydrogen) atoms. The summed E-state index contributed by atoms with van der Waals surface area (Å²) in [5.41, 5.74) is 2.91. The van der Waals surface area contributed by atoms with Crippen LogP contribution in [-0.2, 0) is 10.2 Å². The quantitative estimate of drug-likeness (QED) is 0.845. The number of para-hydroxylation sites is 1. The molecular weight excluding hydrogens is 328 g/mol. The zero-order valence-electron chi connectivity index (χ0n) is 15.6. The zero-order chi connectivity index (χ0) is 18.6. The van der Waals surface area contributed by atoms with Gasteiger partial charge in [-0.25, -0.2) is 0 Å². The Morgan fingerprint density at radius 3 is 2.54 bits per heavy atom. The second-order valence-electron chi connectivity index (χ2n) is 7.38. The Balaban J connectivity index is 1.54. The monoisotopic (exact) mass is 354 g/mol. The predicted octanol–water partition coefficient (Wildman–Crippen LogP) is 4.20. The van der Waals surface area contributed by atoms with E-state index in [2.05, 4.69) is 37.5 Å². The molecule has 5 heteroatoms. The number of rotatable bonds is 5. The van der Waals surface area contributed by atoms with Gasteiger partial charge >= 0.3 is 0 Å². The average Bonchev–Trinajstić information content (AvgIpc) is 2.61. The molecule has 3 rings (SSSR count). The molecule has 1 amide bonds. The zero-order valence-corrected chi connectivity index (χ0v) is 15.6. The minimum Gasteiger partial charge on any atom is -0.486 e. The summed E-state index contributed by atoms with van der Waals surface area (Å²) < 4.78 is 11.1. The average molecular weight is 354 g/mol. The van der Waals surface area contributed by atoms with Gasteiger partial charge in [0.15, 0.2) is 11.5 Å². The molecule has 138 valence electrons. The minimum atomic E-state index is -0.0205. The fourth-order valence-corrected chi connectivity index (χ4v) is 2.93. The predicted molar refractivity (Wildman–Crippen MR) is 104 cm³/mol. The number of nitrogens with one attached hydrogen (secondary N) is 2. The Bertz CT molecular complexity index is 781. The second kappa shape index (κ2) is 7.68. The number of carbonyl (C=O) groups excluding carboxylic acids is 1. The first-order valence-electron chi connectivity index (χ1n) is 8.96. The summed E-state index contributed by atoms with van der Waals surface area (Å²) in [6.45, 7) is 8.11. The van der Waals surface area contributed by atoms with Crippen molar-refractivity contribution in [1.82, 2.24) is 0 Å². The highest BCUT2D eigenvalue weighted by Crippen LogP contribution is 2.32. The molecule has 0 atom stereocenters. The van der Waals surface area contributed by atoms with E-state index in [4.69, 9.17) is 9.47 Å². The molecule has 0 saturated carbocycles. The summed E-state index contributed by atoms with van der Waals surface area (Å²) in [5, 5.41) is 6.29. The minimum absolute atomic E-state index is 0.00765. The standard InChI is InChI=1S/C21H26N2O3/c1-21(2,3)16-6-4-5-7-17(16)23-20(24)10-11-22-15-8-9-18-19(14-15)26-13-12-25-18/h4-9,14,22H,10-13H2,1-3H3,(H,23,24). The Kier molecular flexibility index (Phi) is 5.35. The number of ether oxygens (including phenoxy) is 2. The summed E-state index contributed by atoms with van der Waals surface area (Å²) in [5.74, 6) is 1.50. The molecule has 0 aliphatic carbocycles. The van der Waals surface area contributed by atoms with Crippen molar-refractivity contribution in [2.24, 2.45) is 0 Å². The van der Waals surface area contributed by atoms with Gasteiger partial charge in [0, 0.05) is 30.4 Å². The third-order valence-corrected chi connectivity index (χ3v) is 4.23. The molecular formula is C21H26N2O3. The van der Waals surface area contributed by atoms with Crippen LogP contribution in [0.25, 0.3) is 0 Å². The van der Waals surface area contributed by atoms with Crippen molar-refractivity contribution in [2.75, 3.05) is 30.4 Å². The molecule has 1 aliphatic heterocycles. The maximum atomic E-state index is 12.3. The summed E-state index contributed by atoms with van der Waals surface area (Å²) in [6, 6.07) is 13.7. The maximum Gasteiger partial charge on any atom is 0.226 e. The number of fused-ring (bicyclic) bond motifs is 1. The normalized spacial score (nSPS) is 13.2. The number of hydrogen-bond acceptors (Lipinski definition) is 4. The van der Waals surface area contributed by atoms with Gasteiger partial charge in [-0.1, -0.05) is 39.0 Å². The van der Waals surface area contributed by atoms with Crippen molar-refractivity contribution in [2.45, 2.75) is 32.6 Å². The third-order valence-electron chi connectivity index (χ3n) is 4.23. The van der Waals surface area contributed by atoms with Gasteiger partial charge in [-0.3, -0.25) is 4.79 Å². The van der Waals surface area contributed by atoms with Crippen LogP contribution in [0.2, 0.25) is 0 Å². The molecule has 0 spiro atoms. The van der Waals surface area contributed by atoms with E-state index >= 15 is 0 Å². The Morgan fingerprint density at radius 1 is 1.04 bits per heavy atom. The van der Waals surface area contributed by atoms with Gasteiger partial charge in [0.05, 0.1) is 0 Å². The van der Waals surface area contributed by atoms with Gasteiger partial charge in [-0.05, 0) is 29.2 Å². The van der Waals surface area contributed by atoms with E-state index in [1.54, 1.807) is 0 Å². The number of benzene rings is 2. The SMILES string of the molecule is CC(C)(C)c1ccccc1NC(=O)CCNc1ccc2c(c1)OCCO2. The van der Waals surface area contributed by atoms with Crippen LogP contribution in [-0.4, -0.2) is 25.7 Å². The molecule has 0 unspecified atom stereocenters. The molecule has 0 radical (unpaired) electrons. The fraction of sp³-hybridized carbons (Fsp3) is 0.381. The number of amides is 1. The Hall–Kier alpha value is -2.69. The highest BCUT2D eigenvalue weighted by atomic mass is 16.6. The molecule has 1 heterocycles. The molecule has 5 nitrogen and oxygen atoms in total. The summed E-state index contributed by atoms with van der Waals surface area (Å²) in [4.78, 5) is 12.3. The topological polar surface area (TPSA) is 59.6 Å². The largest absolute Gasteiger partial charge is 0.486 e. The van der Waals surface area contributed by atoms with Gasteiger partial charge in [0.25, 0.3) is 0 Å². The molecule has 0 bridgehead atoms. The fourth-order valence-electron chi connectivity index (χ4n) is 2.93. The van der Waals surface area contributed by atoms with Crippen molar-refractivity contribution in [3.8, 4) is 11.5 Å². The van der Waals surface area contributed by atoms with E-state index in [9.17, 15) is 4.79 Å². The Labute approximate surface area is 154 Å². The van der Waals surface area contributed by atoms with Crippen LogP contribution in [0.3, 0.4) is 0 Å². The van der Waals surface area contributed by atoms with Crippen LogP contribution in [0, 0.1) is 0 Å². The van der Waals surface area contributed by atoms with E-state index in [1.165, 1.54) is 0 Å². The summed E-state index contributed by atoms with van der Waals surface area (Å²) in [7, 11) is 0. The summed E-state index contributed by atoms with van der Waals surface area (Å²) in [6.07, 6.45) is 0.382. The first kappa shape index (κ1) is 18.1. The van der Waals surface area contributed by atoms with Gasteiger partial charge < -0.3 is 20.1 Å². The molecule has 2 aromatic rings. The van der Waals surface area contributed by atoms with Crippen LogP contribution in [0.1, 0.15) is 32.8 Å². The van der Waals surface area contributed by atoms with E-state index in [0.29, 0.717) is 26.2 Å². The van der Waals surface area contributed by atoms with Crippen molar-refractivity contribution < 1.29 is 14.3 Å². The van der Waals surface area contributed by atoms with E-state index < -0.39 is 0 Å². The van der Waals surface area contributed by atoms with Crippen molar-refractivity contribution in [3.05, 3.63) is 48.0 Å². The lowest BCUT2D eigenvalue weighted by atomic mass is 9.86. The van der Waals surface area contributed by atoms with Crippen LogP contribution >= 0.6 is 0 Å². The molecule has 2 aromatic carbocycles. The van der Waals surface area contributed by atoms with E-state index in [0.717, 1.165) is 28.4 Å². The Morgan fingerprint density at radius 2 is 1.77 bits per heavy atom. The first-order chi connectivity index (χ1) is 12.4. The lowest BCUT2D eigenvalue weighted by Crippen LogP contribution is -2.20. The second-order valence-corrected chi connectivity index (χ2v) is 7.38. The molecule has 1 aliphatic rings. The molecule has 0 saturated heterocycles. The van der Waals surface area contributed by atoms with Gasteiger partial charge in [0.2, 0.25) is 5.91 Å². The molecule has 0 aromatic heterocycles. The number of anilines is 2. The van der Waals surface area contributed by atoms with E-state index in [-0.39, 0.29) is 11.3 Å². The van der Waals surface area contributed by atoms with Gasteiger partial charge in [0.1, 0.15) is 13.2 Å². The van der Waals surface area contributed by atoms with Gasteiger partial charge in [-0.2, -0.15) is 0 Å². The molecule has 2 N–H and O–H groups in total. The summed E-state index contributed by atoms with van der Waals surface area (Å²) >= 11 is 0. The van der Waals surface area contributed by atoms with Crippen LogP contribution in [0.4, 0.5) is 11.4 Å². The number of carbonyl (C=O) groups is 1. The van der Waals surface area contributed by atoms with Gasteiger partial charge in [-0.15, -0.1) is 0 Å². The van der Waals surface area contributed by atoms with Crippen LogP contribution in [0.5, 0.6) is 11.5 Å². The maximum absolute atomic E-state index is 12.3. The number of hydrogen-bond donors (Lipinski definition) is 2. The van der Waals surface area contributed by atoms with E-state index in [1.807, 2.05) is 36.4 Å². The lowest BCUT2D eigenvalue weighted by molar-refractivity contribution is -0.115. The third kappa shape index (κ3) is 4.48. The van der Waals surface area contributed by atoms with Crippen LogP contribution < -0.4 is 20.1 Å². The first-order valence-corrected chi connectivity index (χ1v) is 8.96. The highest BCUT2D eigenvalue weighted by molar-refractivity contribution is 5.92. The van der Waals surface area contributed by atoms with Crippen molar-refractivity contribution in [3.63, 3.8) is 0 Å².